The lowest BCUT2D eigenvalue weighted by molar-refractivity contribution is -0.121. The third-order valence-corrected chi connectivity index (χ3v) is 2.92. The van der Waals surface area contributed by atoms with Crippen LogP contribution < -0.4 is 5.73 Å². The number of hydrogen-bond acceptors (Lipinski definition) is 4. The quantitative estimate of drug-likeness (QED) is 0.830. The van der Waals surface area contributed by atoms with E-state index in [-0.39, 0.29) is 6.23 Å². The first-order chi connectivity index (χ1) is 7.83. The molecule has 1 aromatic heterocycles. The number of hydroxylamine groups is 2. The zero-order valence-electron chi connectivity index (χ0n) is 9.04. The fraction of sp³-hybridized carbons (Fsp3) is 0.417. The first kappa shape index (κ1) is 9.81. The Bertz CT molecular complexity index is 400. The van der Waals surface area contributed by atoms with Gasteiger partial charge < -0.3 is 5.73 Å². The monoisotopic (exact) mass is 217 g/mol. The molecule has 4 nitrogen and oxygen atoms in total. The Labute approximate surface area is 94.7 Å². The fourth-order valence-corrected chi connectivity index (χ4v) is 1.90. The molecule has 1 unspecified atom stereocenters. The zero-order valence-corrected chi connectivity index (χ0v) is 9.04. The van der Waals surface area contributed by atoms with Gasteiger partial charge in [0.15, 0.2) is 6.23 Å². The molecule has 0 bridgehead atoms. The molecular weight excluding hydrogens is 202 g/mol. The van der Waals surface area contributed by atoms with E-state index < -0.39 is 0 Å². The summed E-state index contributed by atoms with van der Waals surface area (Å²) in [6.07, 6.45) is 7.83. The average molecular weight is 217 g/mol. The molecule has 84 valence electrons. The van der Waals surface area contributed by atoms with E-state index >= 15 is 0 Å². The van der Waals surface area contributed by atoms with E-state index in [9.17, 15) is 0 Å². The molecule has 4 heteroatoms. The van der Waals surface area contributed by atoms with E-state index in [0.29, 0.717) is 0 Å². The molecule has 2 heterocycles. The summed E-state index contributed by atoms with van der Waals surface area (Å²) in [6, 6.07) is 3.95. The molecule has 1 atom stereocenters. The fourth-order valence-electron chi connectivity index (χ4n) is 1.90. The van der Waals surface area contributed by atoms with Gasteiger partial charge in [0.1, 0.15) is 0 Å². The van der Waals surface area contributed by atoms with Gasteiger partial charge in [0.05, 0.1) is 5.70 Å². The van der Waals surface area contributed by atoms with E-state index in [0.717, 1.165) is 23.7 Å². The second-order valence-corrected chi connectivity index (χ2v) is 4.37. The van der Waals surface area contributed by atoms with Gasteiger partial charge in [0, 0.05) is 24.5 Å². The average Bonchev–Trinajstić information content (AvgIpc) is 3.03. The number of pyridine rings is 1. The minimum atomic E-state index is -0.325. The van der Waals surface area contributed by atoms with Crippen LogP contribution in [0.25, 0.3) is 5.70 Å². The van der Waals surface area contributed by atoms with Gasteiger partial charge in [0.25, 0.3) is 0 Å². The maximum atomic E-state index is 5.79. The Morgan fingerprint density at radius 1 is 1.50 bits per heavy atom. The molecule has 0 saturated heterocycles. The molecule has 1 aliphatic heterocycles. The van der Waals surface area contributed by atoms with Crippen LogP contribution in [-0.4, -0.2) is 22.8 Å². The topological polar surface area (TPSA) is 51.4 Å². The molecule has 1 fully saturated rings. The van der Waals surface area contributed by atoms with Gasteiger partial charge in [-0.1, -0.05) is 0 Å². The Balaban J connectivity index is 1.82. The highest BCUT2D eigenvalue weighted by molar-refractivity contribution is 5.64. The van der Waals surface area contributed by atoms with Crippen LogP contribution in [0.4, 0.5) is 0 Å². The summed E-state index contributed by atoms with van der Waals surface area (Å²) >= 11 is 0. The van der Waals surface area contributed by atoms with Gasteiger partial charge in [0.2, 0.25) is 0 Å². The minimum absolute atomic E-state index is 0.325. The summed E-state index contributed by atoms with van der Waals surface area (Å²) in [5.74, 6) is 0.769. The van der Waals surface area contributed by atoms with Crippen molar-refractivity contribution in [3.63, 3.8) is 0 Å². The van der Waals surface area contributed by atoms with Crippen molar-refractivity contribution in [1.82, 2.24) is 10.0 Å². The lowest BCUT2D eigenvalue weighted by atomic mass is 10.2. The van der Waals surface area contributed by atoms with Gasteiger partial charge in [-0.05, 0) is 37.0 Å². The molecule has 2 N–H and O–H groups in total. The second kappa shape index (κ2) is 3.88. The van der Waals surface area contributed by atoms with Crippen molar-refractivity contribution in [2.75, 3.05) is 6.54 Å². The molecule has 0 spiro atoms. The van der Waals surface area contributed by atoms with Crippen LogP contribution in [0.5, 0.6) is 0 Å². The highest BCUT2D eigenvalue weighted by Gasteiger charge is 2.30. The van der Waals surface area contributed by atoms with Crippen LogP contribution in [0, 0.1) is 5.92 Å². The molecule has 16 heavy (non-hydrogen) atoms. The second-order valence-electron chi connectivity index (χ2n) is 4.37. The maximum absolute atomic E-state index is 5.79. The molecule has 1 aromatic rings. The highest BCUT2D eigenvalue weighted by Crippen LogP contribution is 2.34. The predicted molar refractivity (Wildman–Crippen MR) is 60.7 cm³/mol. The maximum Gasteiger partial charge on any atom is 0.154 e. The number of hydrogen-bond donors (Lipinski definition) is 1. The van der Waals surface area contributed by atoms with E-state index in [1.54, 1.807) is 6.20 Å². The molecule has 1 saturated carbocycles. The van der Waals surface area contributed by atoms with Crippen LogP contribution in [0.3, 0.4) is 0 Å². The molecule has 3 rings (SSSR count). The van der Waals surface area contributed by atoms with Crippen molar-refractivity contribution >= 4 is 5.70 Å². The Hall–Kier alpha value is -1.39. The van der Waals surface area contributed by atoms with Crippen molar-refractivity contribution in [3.05, 3.63) is 36.2 Å². The van der Waals surface area contributed by atoms with E-state index in [1.807, 2.05) is 29.5 Å². The summed E-state index contributed by atoms with van der Waals surface area (Å²) in [5.41, 5.74) is 7.90. The van der Waals surface area contributed by atoms with E-state index in [1.165, 1.54) is 12.8 Å². The SMILES string of the molecule is NC1C=C(c2cccnc2)N(CC2CC2)O1. The summed E-state index contributed by atoms with van der Waals surface area (Å²) in [6.45, 7) is 0.939. The summed E-state index contributed by atoms with van der Waals surface area (Å²) in [4.78, 5) is 9.69. The van der Waals surface area contributed by atoms with E-state index in [4.69, 9.17) is 10.6 Å². The number of nitrogens with zero attached hydrogens (tertiary/aromatic N) is 2. The lowest BCUT2D eigenvalue weighted by Gasteiger charge is -2.21. The van der Waals surface area contributed by atoms with Crippen molar-refractivity contribution < 1.29 is 4.84 Å². The number of rotatable bonds is 3. The summed E-state index contributed by atoms with van der Waals surface area (Å²) in [5, 5.41) is 1.92. The lowest BCUT2D eigenvalue weighted by Crippen LogP contribution is -2.27. The molecular formula is C12H15N3O. The van der Waals surface area contributed by atoms with Crippen molar-refractivity contribution in [2.45, 2.75) is 19.1 Å². The van der Waals surface area contributed by atoms with Gasteiger partial charge in [-0.2, -0.15) is 0 Å². The Morgan fingerprint density at radius 2 is 2.38 bits per heavy atom. The third-order valence-electron chi connectivity index (χ3n) is 2.92. The van der Waals surface area contributed by atoms with Crippen LogP contribution >= 0.6 is 0 Å². The molecule has 0 amide bonds. The van der Waals surface area contributed by atoms with Crippen molar-refractivity contribution in [3.8, 4) is 0 Å². The summed E-state index contributed by atoms with van der Waals surface area (Å²) in [7, 11) is 0. The van der Waals surface area contributed by atoms with Gasteiger partial charge in [-0.25, -0.2) is 0 Å². The highest BCUT2D eigenvalue weighted by atomic mass is 16.7. The zero-order chi connectivity index (χ0) is 11.0. The first-order valence-corrected chi connectivity index (χ1v) is 5.65. The number of aromatic nitrogens is 1. The third kappa shape index (κ3) is 1.94. The van der Waals surface area contributed by atoms with Crippen LogP contribution in [0.1, 0.15) is 18.4 Å². The van der Waals surface area contributed by atoms with Gasteiger partial charge in [-0.15, -0.1) is 0 Å². The van der Waals surface area contributed by atoms with Crippen LogP contribution in [-0.2, 0) is 4.84 Å². The van der Waals surface area contributed by atoms with E-state index in [2.05, 4.69) is 4.98 Å². The molecule has 1 aliphatic carbocycles. The largest absolute Gasteiger partial charge is 0.301 e. The van der Waals surface area contributed by atoms with Crippen molar-refractivity contribution in [1.29, 1.82) is 0 Å². The molecule has 2 aliphatic rings. The summed E-state index contributed by atoms with van der Waals surface area (Å²) < 4.78 is 0. The normalized spacial score (nSPS) is 24.7. The smallest absolute Gasteiger partial charge is 0.154 e. The molecule has 0 radical (unpaired) electrons. The predicted octanol–water partition coefficient (Wildman–Crippen LogP) is 1.36. The first-order valence-electron chi connectivity index (χ1n) is 5.65. The van der Waals surface area contributed by atoms with Crippen molar-refractivity contribution in [2.24, 2.45) is 11.7 Å². The van der Waals surface area contributed by atoms with Crippen LogP contribution in [0.15, 0.2) is 30.6 Å². The minimum Gasteiger partial charge on any atom is -0.301 e. The van der Waals surface area contributed by atoms with Gasteiger partial charge in [-0.3, -0.25) is 14.9 Å². The molecule has 0 aromatic carbocycles. The Kier molecular flexibility index (Phi) is 2.38. The standard InChI is InChI=1S/C12H15N3O/c13-12-6-11(10-2-1-5-14-7-10)15(16-12)8-9-3-4-9/h1-2,5-7,9,12H,3-4,8,13H2. The number of nitrogens with two attached hydrogens (primary N) is 1. The van der Waals surface area contributed by atoms with Crippen LogP contribution in [0.2, 0.25) is 0 Å². The Morgan fingerprint density at radius 3 is 3.06 bits per heavy atom. The van der Waals surface area contributed by atoms with Gasteiger partial charge >= 0.3 is 0 Å².